The number of primary amides is 1. The SMILES string of the molecule is CC[C@H](C)[C@H](NC(=O)[C@H](CCCN=C(N)N)NC(=O)[C@H](CCCN=C(N)N)NC(=O)[C@H](CC(C)C)NC(=O)[C@H](Cc1ccccc1)NC(=O)[C@@H]1CCCN1C(=O)CNC(=O)[C@@H](N)Cc1ccc(O)cc1)C(=O)N[C@@H](CCCN=C(N)N)C(=O)N1CCC[C@@H]1C(N)=O. The minimum absolute atomic E-state index is 0.0246. The summed E-state index contributed by atoms with van der Waals surface area (Å²) in [5, 5.41) is 28.8. The maximum Gasteiger partial charge on any atom is 0.245 e. The summed E-state index contributed by atoms with van der Waals surface area (Å²) in [5.74, 6) is -8.40. The topological polar surface area (TPSA) is 527 Å². The summed E-state index contributed by atoms with van der Waals surface area (Å²) in [6.07, 6.45) is 2.41. The van der Waals surface area contributed by atoms with Crippen LogP contribution in [0, 0.1) is 11.8 Å². The maximum absolute atomic E-state index is 14.7. The van der Waals surface area contributed by atoms with E-state index in [2.05, 4.69) is 52.2 Å². The van der Waals surface area contributed by atoms with Crippen LogP contribution < -0.4 is 83.1 Å². The van der Waals surface area contributed by atoms with Crippen molar-refractivity contribution >= 4 is 77.0 Å². The van der Waals surface area contributed by atoms with Gasteiger partial charge in [-0.3, -0.25) is 62.9 Å². The van der Waals surface area contributed by atoms with Crippen molar-refractivity contribution in [3.8, 4) is 5.75 Å². The summed E-state index contributed by atoms with van der Waals surface area (Å²) < 4.78 is 0. The number of benzene rings is 2. The monoisotopic (exact) mass is 1270 g/mol. The highest BCUT2D eigenvalue weighted by molar-refractivity contribution is 5.99. The summed E-state index contributed by atoms with van der Waals surface area (Å²) in [6.45, 7) is 7.24. The van der Waals surface area contributed by atoms with E-state index in [4.69, 9.17) is 45.9 Å². The van der Waals surface area contributed by atoms with E-state index in [9.17, 15) is 53.1 Å². The molecule has 0 spiro atoms. The van der Waals surface area contributed by atoms with Gasteiger partial charge in [-0.25, -0.2) is 0 Å². The Morgan fingerprint density at radius 1 is 0.549 bits per heavy atom. The third-order valence-corrected chi connectivity index (χ3v) is 15.6. The molecule has 2 heterocycles. The highest BCUT2D eigenvalue weighted by Gasteiger charge is 2.40. The van der Waals surface area contributed by atoms with Gasteiger partial charge in [-0.1, -0.05) is 76.6 Å². The first-order valence-electron chi connectivity index (χ1n) is 30.9. The van der Waals surface area contributed by atoms with Gasteiger partial charge in [0.15, 0.2) is 17.9 Å². The van der Waals surface area contributed by atoms with Gasteiger partial charge in [0, 0.05) is 39.1 Å². The van der Waals surface area contributed by atoms with Crippen molar-refractivity contribution in [2.45, 2.75) is 172 Å². The Hall–Kier alpha value is -9.29. The van der Waals surface area contributed by atoms with Gasteiger partial charge in [0.05, 0.1) is 12.6 Å². The Labute approximate surface area is 530 Å². The average Bonchev–Trinajstić information content (AvgIpc) is 2.02. The Morgan fingerprint density at radius 3 is 1.55 bits per heavy atom. The van der Waals surface area contributed by atoms with Crippen molar-refractivity contribution in [2.24, 2.45) is 72.7 Å². The van der Waals surface area contributed by atoms with Crippen LogP contribution in [0.15, 0.2) is 69.6 Å². The molecule has 0 unspecified atom stereocenters. The predicted octanol–water partition coefficient (Wildman–Crippen LogP) is -3.75. The maximum atomic E-state index is 14.7. The molecule has 91 heavy (non-hydrogen) atoms. The van der Waals surface area contributed by atoms with Crippen molar-refractivity contribution in [1.29, 1.82) is 0 Å². The smallest absolute Gasteiger partial charge is 0.245 e. The fourth-order valence-electron chi connectivity index (χ4n) is 10.6. The van der Waals surface area contributed by atoms with Crippen molar-refractivity contribution in [2.75, 3.05) is 39.3 Å². The van der Waals surface area contributed by atoms with Crippen molar-refractivity contribution in [3.05, 3.63) is 65.7 Å². The molecular weight excluding hydrogens is 1180 g/mol. The van der Waals surface area contributed by atoms with Crippen LogP contribution in [-0.2, 0) is 60.8 Å². The Bertz CT molecular complexity index is 2860. The van der Waals surface area contributed by atoms with Gasteiger partial charge in [-0.05, 0) is 112 Å². The number of nitrogens with one attached hydrogen (secondary N) is 7. The molecule has 2 aliphatic heterocycles. The van der Waals surface area contributed by atoms with E-state index in [0.29, 0.717) is 36.8 Å². The van der Waals surface area contributed by atoms with Crippen LogP contribution in [0.2, 0.25) is 0 Å². The van der Waals surface area contributed by atoms with Crippen LogP contribution in [0.5, 0.6) is 5.75 Å². The van der Waals surface area contributed by atoms with Gasteiger partial charge in [-0.2, -0.15) is 0 Å². The van der Waals surface area contributed by atoms with E-state index in [-0.39, 0.29) is 126 Å². The van der Waals surface area contributed by atoms with E-state index < -0.39 is 126 Å². The second-order valence-corrected chi connectivity index (χ2v) is 23.4. The molecule has 31 heteroatoms. The number of hydrogen-bond acceptors (Lipinski definition) is 15. The van der Waals surface area contributed by atoms with Gasteiger partial charge in [-0.15, -0.1) is 0 Å². The lowest BCUT2D eigenvalue weighted by Crippen LogP contribution is -2.61. The fraction of sp³-hybridized carbons (Fsp3) is 0.583. The molecule has 10 atom stereocenters. The number of nitrogens with two attached hydrogens (primary N) is 8. The average molecular weight is 1270 g/mol. The number of amides is 10. The molecule has 0 bridgehead atoms. The number of rotatable bonds is 37. The van der Waals surface area contributed by atoms with E-state index in [1.54, 1.807) is 56.3 Å². The predicted molar refractivity (Wildman–Crippen MR) is 342 cm³/mol. The second kappa shape index (κ2) is 37.6. The van der Waals surface area contributed by atoms with Crippen LogP contribution in [0.1, 0.15) is 116 Å². The molecule has 31 nitrogen and oxygen atoms in total. The first-order chi connectivity index (χ1) is 43.2. The summed E-state index contributed by atoms with van der Waals surface area (Å²) in [6, 6.07) is 4.14. The molecule has 502 valence electrons. The molecule has 2 aromatic rings. The minimum Gasteiger partial charge on any atom is -0.508 e. The first-order valence-corrected chi connectivity index (χ1v) is 30.9. The van der Waals surface area contributed by atoms with Crippen molar-refractivity contribution in [1.82, 2.24) is 47.0 Å². The zero-order valence-electron chi connectivity index (χ0n) is 52.6. The Kier molecular flexibility index (Phi) is 30.7. The number of nitrogens with zero attached hydrogens (tertiary/aromatic N) is 5. The van der Waals surface area contributed by atoms with Gasteiger partial charge < -0.3 is 98.0 Å². The third-order valence-electron chi connectivity index (χ3n) is 15.6. The molecule has 2 aromatic carbocycles. The van der Waals surface area contributed by atoms with Crippen LogP contribution in [0.25, 0.3) is 0 Å². The molecule has 2 fully saturated rings. The summed E-state index contributed by atoms with van der Waals surface area (Å²) in [5.41, 5.74) is 46.6. The highest BCUT2D eigenvalue weighted by atomic mass is 16.3. The normalized spacial score (nSPS) is 17.0. The number of phenols is 1. The molecule has 0 aliphatic carbocycles. The number of carbonyl (C=O) groups is 10. The van der Waals surface area contributed by atoms with Crippen molar-refractivity contribution in [3.63, 3.8) is 0 Å². The van der Waals surface area contributed by atoms with E-state index in [0.717, 1.165) is 0 Å². The molecule has 24 N–H and O–H groups in total. The third kappa shape index (κ3) is 25.3. The molecule has 2 saturated heterocycles. The number of guanidine groups is 3. The number of phenolic OH excluding ortho intramolecular Hbond substituents is 1. The number of hydrogen-bond donors (Lipinski definition) is 16. The quantitative estimate of drug-likeness (QED) is 0.0176. The van der Waals surface area contributed by atoms with Gasteiger partial charge in [0.1, 0.15) is 54.1 Å². The first kappa shape index (κ1) is 74.2. The Balaban J connectivity index is 1.59. The summed E-state index contributed by atoms with van der Waals surface area (Å²) in [4.78, 5) is 155. The molecule has 0 aromatic heterocycles. The van der Waals surface area contributed by atoms with Crippen LogP contribution >= 0.6 is 0 Å². The Morgan fingerprint density at radius 2 is 1.02 bits per heavy atom. The lowest BCUT2D eigenvalue weighted by Gasteiger charge is -2.31. The van der Waals surface area contributed by atoms with Crippen LogP contribution in [0.4, 0.5) is 0 Å². The summed E-state index contributed by atoms with van der Waals surface area (Å²) in [7, 11) is 0. The minimum atomic E-state index is -1.40. The lowest BCUT2D eigenvalue weighted by molar-refractivity contribution is -0.141. The second-order valence-electron chi connectivity index (χ2n) is 23.4. The van der Waals surface area contributed by atoms with E-state index in [1.165, 1.54) is 21.9 Å². The summed E-state index contributed by atoms with van der Waals surface area (Å²) >= 11 is 0. The number of aliphatic imine (C=N–C) groups is 3. The molecule has 0 saturated carbocycles. The number of carbonyl (C=O) groups excluding carboxylic acids is 10. The van der Waals surface area contributed by atoms with Gasteiger partial charge in [0.25, 0.3) is 0 Å². The van der Waals surface area contributed by atoms with Gasteiger partial charge in [0.2, 0.25) is 59.1 Å². The largest absolute Gasteiger partial charge is 0.508 e. The van der Waals surface area contributed by atoms with Crippen molar-refractivity contribution < 1.29 is 53.1 Å². The molecule has 0 radical (unpaired) electrons. The lowest BCUT2D eigenvalue weighted by atomic mass is 9.96. The number of aromatic hydroxyl groups is 1. The highest BCUT2D eigenvalue weighted by Crippen LogP contribution is 2.22. The van der Waals surface area contributed by atoms with E-state index >= 15 is 0 Å². The van der Waals surface area contributed by atoms with Crippen LogP contribution in [-0.4, -0.2) is 186 Å². The molecule has 10 amide bonds. The molecule has 4 rings (SSSR count). The molecule has 2 aliphatic rings. The van der Waals surface area contributed by atoms with E-state index in [1.807, 2.05) is 13.8 Å². The zero-order valence-corrected chi connectivity index (χ0v) is 52.6. The number of likely N-dealkylation sites (tertiary alicyclic amines) is 2. The zero-order chi connectivity index (χ0) is 67.3. The van der Waals surface area contributed by atoms with Crippen LogP contribution in [0.3, 0.4) is 0 Å². The van der Waals surface area contributed by atoms with Gasteiger partial charge >= 0.3 is 0 Å². The molecular formula is C60H96N20O11. The fourth-order valence-corrected chi connectivity index (χ4v) is 10.6. The standard InChI is InChI=1S/C60H96N20O11/c1-5-35(4)48(56(90)75-42(18-11-27-71-60(67)68)57(91)80-29-12-19-45(80)49(62)83)78-52(86)41(17-10-26-70-59(65)66)73-51(85)40(16-9-25-69-58(63)64)74-53(87)43(30-34(2)3)76-54(88)44(32-36-14-7-6-8-15-36)77-55(89)46-20-13-28-79(46)47(82)33-72-50(84)39(61)31-37-21-23-38(81)24-22-37/h6-8,14-15,21-24,34-35,39-46,48,81H,5,9-13,16-20,25-33,61H2,1-4H3,(H2,62,83)(H,72,84)(H,73,85)(H,74,87)(H,75,90)(H,76,88)(H,77,89)(H,78,86)(H4,63,64,69)(H4,65,66,70)(H4,67,68,71)/t35-,39-,40-,41-,42-,43-,44-,45+,46-,48-/m0/s1.